The van der Waals surface area contributed by atoms with Gasteiger partial charge in [0.1, 0.15) is 5.02 Å². The van der Waals surface area contributed by atoms with E-state index in [2.05, 4.69) is 5.32 Å². The Morgan fingerprint density at radius 1 is 1.11 bits per heavy atom. The van der Waals surface area contributed by atoms with Crippen LogP contribution in [0.5, 0.6) is 0 Å². The van der Waals surface area contributed by atoms with Gasteiger partial charge in [0.05, 0.1) is 10.5 Å². The Kier molecular flexibility index (Phi) is 3.77. The fraction of sp³-hybridized carbons (Fsp3) is 0. The van der Waals surface area contributed by atoms with Gasteiger partial charge in [0.15, 0.2) is 0 Å². The number of nitro groups is 1. The summed E-state index contributed by atoms with van der Waals surface area (Å²) in [6.45, 7) is 0. The van der Waals surface area contributed by atoms with Gasteiger partial charge in [-0.2, -0.15) is 0 Å². The number of nitrogens with zero attached hydrogens (tertiary/aromatic N) is 1. The minimum absolute atomic E-state index is 0.0692. The van der Waals surface area contributed by atoms with Crippen LogP contribution in [-0.4, -0.2) is 10.8 Å². The molecular formula is C13H9ClN2O3. The van der Waals surface area contributed by atoms with Crippen LogP contribution >= 0.6 is 11.6 Å². The van der Waals surface area contributed by atoms with Crippen molar-refractivity contribution < 1.29 is 9.72 Å². The van der Waals surface area contributed by atoms with Gasteiger partial charge in [0, 0.05) is 11.8 Å². The number of carbonyl (C=O) groups excluding carboxylic acids is 1. The number of para-hydroxylation sites is 1. The van der Waals surface area contributed by atoms with Crippen molar-refractivity contribution in [3.63, 3.8) is 0 Å². The molecule has 0 radical (unpaired) electrons. The lowest BCUT2D eigenvalue weighted by molar-refractivity contribution is -0.384. The summed E-state index contributed by atoms with van der Waals surface area (Å²) in [5.41, 5.74) is 0.372. The molecule has 6 heteroatoms. The van der Waals surface area contributed by atoms with E-state index in [4.69, 9.17) is 11.6 Å². The smallest absolute Gasteiger partial charge is 0.288 e. The van der Waals surface area contributed by atoms with Gasteiger partial charge >= 0.3 is 0 Å². The van der Waals surface area contributed by atoms with E-state index in [9.17, 15) is 14.9 Å². The summed E-state index contributed by atoms with van der Waals surface area (Å²) >= 11 is 5.86. The van der Waals surface area contributed by atoms with E-state index in [1.54, 1.807) is 24.3 Å². The van der Waals surface area contributed by atoms with Crippen molar-refractivity contribution in [3.8, 4) is 0 Å². The lowest BCUT2D eigenvalue weighted by atomic mass is 10.2. The molecule has 19 heavy (non-hydrogen) atoms. The molecule has 0 aliphatic heterocycles. The minimum Gasteiger partial charge on any atom is -0.322 e. The molecule has 0 heterocycles. The largest absolute Gasteiger partial charge is 0.322 e. The Morgan fingerprint density at radius 2 is 1.79 bits per heavy atom. The number of amides is 1. The summed E-state index contributed by atoms with van der Waals surface area (Å²) in [5.74, 6) is -0.486. The number of carbonyl (C=O) groups is 1. The molecule has 96 valence electrons. The maximum Gasteiger partial charge on any atom is 0.288 e. The lowest BCUT2D eigenvalue weighted by Crippen LogP contribution is -2.12. The number of hydrogen-bond acceptors (Lipinski definition) is 3. The Balaban J connectivity index is 2.30. The van der Waals surface area contributed by atoms with E-state index in [0.29, 0.717) is 5.69 Å². The Morgan fingerprint density at radius 3 is 2.42 bits per heavy atom. The average molecular weight is 277 g/mol. The second-order valence-electron chi connectivity index (χ2n) is 3.72. The molecule has 0 aromatic heterocycles. The fourth-order valence-electron chi connectivity index (χ4n) is 1.56. The van der Waals surface area contributed by atoms with E-state index in [1.807, 2.05) is 6.07 Å². The Bertz CT molecular complexity index is 629. The van der Waals surface area contributed by atoms with Crippen molar-refractivity contribution >= 4 is 28.9 Å². The second-order valence-corrected chi connectivity index (χ2v) is 4.09. The molecule has 5 nitrogen and oxygen atoms in total. The molecule has 2 rings (SSSR count). The molecule has 0 aliphatic rings. The molecule has 0 atom stereocenters. The number of rotatable bonds is 3. The van der Waals surface area contributed by atoms with Gasteiger partial charge in [-0.3, -0.25) is 14.9 Å². The van der Waals surface area contributed by atoms with E-state index < -0.39 is 10.8 Å². The zero-order valence-electron chi connectivity index (χ0n) is 9.67. The SMILES string of the molecule is O=C(Nc1ccccc1)c1cccc([N+](=O)[O-])c1Cl. The van der Waals surface area contributed by atoms with E-state index in [1.165, 1.54) is 18.2 Å². The van der Waals surface area contributed by atoms with Gasteiger partial charge in [-0.05, 0) is 18.2 Å². The molecule has 1 N–H and O–H groups in total. The maximum absolute atomic E-state index is 12.0. The van der Waals surface area contributed by atoms with Crippen LogP contribution in [0.4, 0.5) is 11.4 Å². The fourth-order valence-corrected chi connectivity index (χ4v) is 1.84. The van der Waals surface area contributed by atoms with Crippen molar-refractivity contribution in [2.24, 2.45) is 0 Å². The molecule has 2 aromatic rings. The third-order valence-electron chi connectivity index (χ3n) is 2.45. The topological polar surface area (TPSA) is 72.2 Å². The first-order valence-electron chi connectivity index (χ1n) is 5.39. The predicted molar refractivity (Wildman–Crippen MR) is 72.5 cm³/mol. The summed E-state index contributed by atoms with van der Waals surface area (Å²) in [5, 5.41) is 13.2. The Hall–Kier alpha value is -2.40. The standard InChI is InChI=1S/C13H9ClN2O3/c14-12-10(7-4-8-11(12)16(18)19)13(17)15-9-5-2-1-3-6-9/h1-8H,(H,15,17). The van der Waals surface area contributed by atoms with Crippen LogP contribution in [0.25, 0.3) is 0 Å². The molecular weight excluding hydrogens is 268 g/mol. The summed E-state index contributed by atoms with van der Waals surface area (Å²) in [6.07, 6.45) is 0. The van der Waals surface area contributed by atoms with E-state index in [0.717, 1.165) is 0 Å². The first-order valence-corrected chi connectivity index (χ1v) is 5.76. The first kappa shape index (κ1) is 13.0. The van der Waals surface area contributed by atoms with Crippen molar-refractivity contribution in [2.75, 3.05) is 5.32 Å². The molecule has 1 amide bonds. The van der Waals surface area contributed by atoms with Crippen molar-refractivity contribution in [2.45, 2.75) is 0 Å². The third-order valence-corrected chi connectivity index (χ3v) is 2.85. The highest BCUT2D eigenvalue weighted by molar-refractivity contribution is 6.36. The lowest BCUT2D eigenvalue weighted by Gasteiger charge is -2.06. The number of nitro benzene ring substituents is 1. The van der Waals surface area contributed by atoms with Crippen LogP contribution in [-0.2, 0) is 0 Å². The van der Waals surface area contributed by atoms with Gasteiger partial charge < -0.3 is 5.32 Å². The quantitative estimate of drug-likeness (QED) is 0.689. The highest BCUT2D eigenvalue weighted by Gasteiger charge is 2.19. The van der Waals surface area contributed by atoms with Crippen molar-refractivity contribution in [3.05, 3.63) is 69.2 Å². The first-order chi connectivity index (χ1) is 9.09. The van der Waals surface area contributed by atoms with Gasteiger partial charge in [-0.1, -0.05) is 35.9 Å². The highest BCUT2D eigenvalue weighted by Crippen LogP contribution is 2.28. The average Bonchev–Trinajstić information content (AvgIpc) is 2.39. The highest BCUT2D eigenvalue weighted by atomic mass is 35.5. The molecule has 2 aromatic carbocycles. The normalized spacial score (nSPS) is 9.95. The molecule has 0 fully saturated rings. The molecule has 0 saturated heterocycles. The van der Waals surface area contributed by atoms with Crippen LogP contribution in [0.1, 0.15) is 10.4 Å². The van der Waals surface area contributed by atoms with Crippen LogP contribution < -0.4 is 5.32 Å². The van der Waals surface area contributed by atoms with E-state index in [-0.39, 0.29) is 16.3 Å². The zero-order chi connectivity index (χ0) is 13.8. The summed E-state index contributed by atoms with van der Waals surface area (Å²) < 4.78 is 0. The maximum atomic E-state index is 12.0. The number of halogens is 1. The molecule has 0 spiro atoms. The summed E-state index contributed by atoms with van der Waals surface area (Å²) in [4.78, 5) is 22.1. The summed E-state index contributed by atoms with van der Waals surface area (Å²) in [7, 11) is 0. The van der Waals surface area contributed by atoms with Crippen molar-refractivity contribution in [1.29, 1.82) is 0 Å². The number of anilines is 1. The van der Waals surface area contributed by atoms with Crippen LogP contribution in [0.3, 0.4) is 0 Å². The minimum atomic E-state index is -0.623. The molecule has 0 unspecified atom stereocenters. The zero-order valence-corrected chi connectivity index (χ0v) is 10.4. The Labute approximate surface area is 114 Å². The molecule has 0 saturated carbocycles. The van der Waals surface area contributed by atoms with Crippen LogP contribution in [0, 0.1) is 10.1 Å². The van der Waals surface area contributed by atoms with Gasteiger partial charge in [0.25, 0.3) is 11.6 Å². The second kappa shape index (κ2) is 5.49. The molecule has 0 bridgehead atoms. The third kappa shape index (κ3) is 2.89. The molecule has 0 aliphatic carbocycles. The van der Waals surface area contributed by atoms with Crippen molar-refractivity contribution in [1.82, 2.24) is 0 Å². The van der Waals surface area contributed by atoms with Gasteiger partial charge in [0.2, 0.25) is 0 Å². The van der Waals surface area contributed by atoms with Gasteiger partial charge in [-0.15, -0.1) is 0 Å². The van der Waals surface area contributed by atoms with Crippen LogP contribution in [0.2, 0.25) is 5.02 Å². The number of nitrogens with one attached hydrogen (secondary N) is 1. The van der Waals surface area contributed by atoms with E-state index >= 15 is 0 Å². The van der Waals surface area contributed by atoms with Gasteiger partial charge in [-0.25, -0.2) is 0 Å². The number of hydrogen-bond donors (Lipinski definition) is 1. The van der Waals surface area contributed by atoms with Crippen LogP contribution in [0.15, 0.2) is 48.5 Å². The predicted octanol–water partition coefficient (Wildman–Crippen LogP) is 3.50. The number of benzene rings is 2. The summed E-state index contributed by atoms with van der Waals surface area (Å²) in [6, 6.07) is 12.9. The monoisotopic (exact) mass is 276 g/mol.